The van der Waals surface area contributed by atoms with E-state index in [0.717, 1.165) is 12.1 Å². The maximum atomic E-state index is 13.8. The SMILES string of the molecule is CN(Cc1ccc(F)cc1F)C(=O)c1ccc2c(=O)n(C)c(=S)[nH]c2c1. The maximum Gasteiger partial charge on any atom is 0.261 e. The summed E-state index contributed by atoms with van der Waals surface area (Å²) in [5.74, 6) is -1.75. The Morgan fingerprint density at radius 2 is 1.96 bits per heavy atom. The molecule has 3 rings (SSSR count). The second kappa shape index (κ2) is 6.80. The molecule has 0 radical (unpaired) electrons. The van der Waals surface area contributed by atoms with Crippen LogP contribution in [-0.4, -0.2) is 27.4 Å². The van der Waals surface area contributed by atoms with Gasteiger partial charge in [0.1, 0.15) is 11.6 Å². The Bertz CT molecular complexity index is 1140. The van der Waals surface area contributed by atoms with Crippen LogP contribution in [0.3, 0.4) is 0 Å². The molecule has 1 N–H and O–H groups in total. The molecular formula is C18H15F2N3O2S. The van der Waals surface area contributed by atoms with E-state index >= 15 is 0 Å². The molecule has 0 saturated carbocycles. The number of rotatable bonds is 3. The van der Waals surface area contributed by atoms with E-state index in [9.17, 15) is 18.4 Å². The van der Waals surface area contributed by atoms with E-state index in [0.29, 0.717) is 16.5 Å². The van der Waals surface area contributed by atoms with E-state index in [1.807, 2.05) is 0 Å². The molecule has 0 bridgehead atoms. The van der Waals surface area contributed by atoms with Gasteiger partial charge in [-0.1, -0.05) is 6.07 Å². The Balaban J connectivity index is 1.92. The summed E-state index contributed by atoms with van der Waals surface area (Å²) in [6.45, 7) is -0.0183. The van der Waals surface area contributed by atoms with Gasteiger partial charge in [-0.25, -0.2) is 8.78 Å². The topological polar surface area (TPSA) is 58.1 Å². The summed E-state index contributed by atoms with van der Waals surface area (Å²) in [7, 11) is 3.08. The quantitative estimate of drug-likeness (QED) is 0.716. The van der Waals surface area contributed by atoms with Crippen LogP contribution >= 0.6 is 12.2 Å². The van der Waals surface area contributed by atoms with Crippen LogP contribution in [0.25, 0.3) is 10.9 Å². The number of nitrogens with one attached hydrogen (secondary N) is 1. The van der Waals surface area contributed by atoms with Gasteiger partial charge in [-0.05, 0) is 36.5 Å². The van der Waals surface area contributed by atoms with Gasteiger partial charge in [-0.15, -0.1) is 0 Å². The summed E-state index contributed by atoms with van der Waals surface area (Å²) in [6.07, 6.45) is 0. The largest absolute Gasteiger partial charge is 0.337 e. The lowest BCUT2D eigenvalue weighted by molar-refractivity contribution is 0.0784. The lowest BCUT2D eigenvalue weighted by Crippen LogP contribution is -2.27. The van der Waals surface area contributed by atoms with Crippen molar-refractivity contribution in [3.05, 3.63) is 74.3 Å². The van der Waals surface area contributed by atoms with Gasteiger partial charge in [-0.2, -0.15) is 0 Å². The van der Waals surface area contributed by atoms with E-state index in [-0.39, 0.29) is 28.3 Å². The zero-order chi connectivity index (χ0) is 19.0. The van der Waals surface area contributed by atoms with E-state index in [1.54, 1.807) is 13.1 Å². The summed E-state index contributed by atoms with van der Waals surface area (Å²) in [5, 5.41) is 0.407. The molecule has 0 spiro atoms. The van der Waals surface area contributed by atoms with Crippen LogP contribution in [0.2, 0.25) is 0 Å². The van der Waals surface area contributed by atoms with E-state index in [2.05, 4.69) is 4.98 Å². The smallest absolute Gasteiger partial charge is 0.261 e. The normalized spacial score (nSPS) is 10.9. The van der Waals surface area contributed by atoms with Crippen molar-refractivity contribution in [2.45, 2.75) is 6.54 Å². The third-order valence-electron chi connectivity index (χ3n) is 4.12. The van der Waals surface area contributed by atoms with Crippen molar-refractivity contribution < 1.29 is 13.6 Å². The van der Waals surface area contributed by atoms with Crippen LogP contribution in [0.4, 0.5) is 8.78 Å². The highest BCUT2D eigenvalue weighted by Crippen LogP contribution is 2.16. The second-order valence-electron chi connectivity index (χ2n) is 5.95. The average molecular weight is 375 g/mol. The number of H-pyrrole nitrogens is 1. The number of amides is 1. The minimum atomic E-state index is -0.712. The highest BCUT2D eigenvalue weighted by molar-refractivity contribution is 7.71. The standard InChI is InChI=1S/C18H15F2N3O2S/c1-22(9-11-3-5-12(19)8-14(11)20)16(24)10-4-6-13-15(7-10)21-18(26)23(2)17(13)25/h3-8H,9H2,1-2H3,(H,21,26). The molecule has 0 aliphatic rings. The lowest BCUT2D eigenvalue weighted by atomic mass is 10.1. The number of aromatic amines is 1. The molecule has 1 heterocycles. The fourth-order valence-electron chi connectivity index (χ4n) is 2.64. The predicted molar refractivity (Wildman–Crippen MR) is 96.5 cm³/mol. The van der Waals surface area contributed by atoms with Crippen LogP contribution in [0, 0.1) is 16.4 Å². The first-order chi connectivity index (χ1) is 12.3. The Morgan fingerprint density at radius 3 is 2.65 bits per heavy atom. The van der Waals surface area contributed by atoms with Crippen molar-refractivity contribution in [3.8, 4) is 0 Å². The van der Waals surface area contributed by atoms with Gasteiger partial charge < -0.3 is 9.88 Å². The number of hydrogen-bond donors (Lipinski definition) is 1. The second-order valence-corrected chi connectivity index (χ2v) is 6.34. The molecule has 8 heteroatoms. The Labute approximate surface area is 152 Å². The number of fused-ring (bicyclic) bond motifs is 1. The molecule has 0 aliphatic heterocycles. The van der Waals surface area contributed by atoms with Crippen LogP contribution in [0.1, 0.15) is 15.9 Å². The zero-order valence-corrected chi connectivity index (χ0v) is 14.9. The Hall–Kier alpha value is -2.87. The first-order valence-corrected chi connectivity index (χ1v) is 8.11. The van der Waals surface area contributed by atoms with Gasteiger partial charge in [0.15, 0.2) is 4.77 Å². The number of carbonyl (C=O) groups excluding carboxylic acids is 1. The minimum absolute atomic E-state index is 0.0183. The van der Waals surface area contributed by atoms with Crippen molar-refractivity contribution in [1.82, 2.24) is 14.5 Å². The van der Waals surface area contributed by atoms with Crippen molar-refractivity contribution in [2.75, 3.05) is 7.05 Å². The summed E-state index contributed by atoms with van der Waals surface area (Å²) in [4.78, 5) is 29.0. The lowest BCUT2D eigenvalue weighted by Gasteiger charge is -2.18. The predicted octanol–water partition coefficient (Wildman–Crippen LogP) is 3.15. The molecule has 134 valence electrons. The third-order valence-corrected chi connectivity index (χ3v) is 4.49. The number of hydrogen-bond acceptors (Lipinski definition) is 3. The van der Waals surface area contributed by atoms with Gasteiger partial charge in [0, 0.05) is 37.8 Å². The molecule has 0 atom stereocenters. The number of halogens is 2. The number of aromatic nitrogens is 2. The molecule has 2 aromatic carbocycles. The fourth-order valence-corrected chi connectivity index (χ4v) is 2.83. The fraction of sp³-hybridized carbons (Fsp3) is 0.167. The molecule has 0 saturated heterocycles. The molecule has 0 unspecified atom stereocenters. The van der Waals surface area contributed by atoms with Gasteiger partial charge >= 0.3 is 0 Å². The highest BCUT2D eigenvalue weighted by Gasteiger charge is 2.15. The maximum absolute atomic E-state index is 13.8. The Kier molecular flexibility index (Phi) is 4.69. The molecule has 0 fully saturated rings. The van der Waals surface area contributed by atoms with Gasteiger partial charge in [0.2, 0.25) is 0 Å². The van der Waals surface area contributed by atoms with E-state index < -0.39 is 11.6 Å². The van der Waals surface area contributed by atoms with E-state index in [4.69, 9.17) is 12.2 Å². The van der Waals surface area contributed by atoms with Crippen LogP contribution < -0.4 is 5.56 Å². The molecule has 1 aromatic heterocycles. The molecular weight excluding hydrogens is 360 g/mol. The van der Waals surface area contributed by atoms with Gasteiger partial charge in [0.25, 0.3) is 11.5 Å². The van der Waals surface area contributed by atoms with Crippen molar-refractivity contribution in [1.29, 1.82) is 0 Å². The summed E-state index contributed by atoms with van der Waals surface area (Å²) in [5.41, 5.74) is 0.715. The van der Waals surface area contributed by atoms with Crippen LogP contribution in [-0.2, 0) is 13.6 Å². The van der Waals surface area contributed by atoms with E-state index in [1.165, 1.54) is 34.7 Å². The van der Waals surface area contributed by atoms with Crippen molar-refractivity contribution in [3.63, 3.8) is 0 Å². The van der Waals surface area contributed by atoms with Crippen molar-refractivity contribution in [2.24, 2.45) is 7.05 Å². The van der Waals surface area contributed by atoms with Crippen molar-refractivity contribution >= 4 is 29.0 Å². The van der Waals surface area contributed by atoms with Crippen LogP contribution in [0.15, 0.2) is 41.2 Å². The first kappa shape index (κ1) is 17.9. The zero-order valence-electron chi connectivity index (χ0n) is 14.0. The first-order valence-electron chi connectivity index (χ1n) is 7.70. The molecule has 0 aliphatic carbocycles. The highest BCUT2D eigenvalue weighted by atomic mass is 32.1. The minimum Gasteiger partial charge on any atom is -0.337 e. The van der Waals surface area contributed by atoms with Gasteiger partial charge in [0.05, 0.1) is 10.9 Å². The summed E-state index contributed by atoms with van der Waals surface area (Å²) < 4.78 is 28.3. The molecule has 3 aromatic rings. The number of benzene rings is 2. The molecule has 26 heavy (non-hydrogen) atoms. The van der Waals surface area contributed by atoms with Gasteiger partial charge in [-0.3, -0.25) is 14.2 Å². The average Bonchev–Trinajstić information content (AvgIpc) is 2.61. The molecule has 1 amide bonds. The number of carbonyl (C=O) groups is 1. The van der Waals surface area contributed by atoms with Crippen LogP contribution in [0.5, 0.6) is 0 Å². The number of nitrogens with zero attached hydrogens (tertiary/aromatic N) is 2. The molecule has 5 nitrogen and oxygen atoms in total. The summed E-state index contributed by atoms with van der Waals surface area (Å²) in [6, 6.07) is 7.83. The monoisotopic (exact) mass is 375 g/mol. The Morgan fingerprint density at radius 1 is 1.23 bits per heavy atom. The third kappa shape index (κ3) is 3.28. The summed E-state index contributed by atoms with van der Waals surface area (Å²) >= 11 is 5.08.